The molecule has 0 saturated heterocycles. The molecule has 4 rings (SSSR count). The van der Waals surface area contributed by atoms with Crippen LogP contribution in [0.2, 0.25) is 0 Å². The third-order valence-corrected chi connectivity index (χ3v) is 5.97. The average molecular weight is 500 g/mol. The summed E-state index contributed by atoms with van der Waals surface area (Å²) in [6, 6.07) is 17.5. The van der Waals surface area contributed by atoms with Crippen LogP contribution < -0.4 is 25.4 Å². The SMILES string of the molecule is CNc1nc(-c2cccc(N(C(=O)c3ccc(C(N)=O)cc3)C(C)C)c2)c2cc(OC)c(OC)cc2n1. The van der Waals surface area contributed by atoms with E-state index in [4.69, 9.17) is 20.2 Å². The zero-order valence-electron chi connectivity index (χ0n) is 21.4. The van der Waals surface area contributed by atoms with Gasteiger partial charge in [-0.05, 0) is 56.3 Å². The predicted molar refractivity (Wildman–Crippen MR) is 145 cm³/mol. The summed E-state index contributed by atoms with van der Waals surface area (Å²) in [7, 11) is 4.91. The van der Waals surface area contributed by atoms with E-state index in [1.165, 1.54) is 0 Å². The molecule has 1 heterocycles. The molecule has 9 heteroatoms. The molecular weight excluding hydrogens is 470 g/mol. The van der Waals surface area contributed by atoms with Crippen LogP contribution in [0.1, 0.15) is 34.6 Å². The molecule has 0 aliphatic heterocycles. The molecule has 0 fully saturated rings. The number of nitrogens with one attached hydrogen (secondary N) is 1. The molecule has 0 aliphatic carbocycles. The topological polar surface area (TPSA) is 120 Å². The third kappa shape index (κ3) is 5.02. The van der Waals surface area contributed by atoms with Gasteiger partial charge in [0.05, 0.1) is 25.4 Å². The maximum atomic E-state index is 13.5. The number of methoxy groups -OCH3 is 2. The van der Waals surface area contributed by atoms with Gasteiger partial charge in [0.25, 0.3) is 5.91 Å². The number of benzene rings is 3. The largest absolute Gasteiger partial charge is 0.493 e. The van der Waals surface area contributed by atoms with Crippen LogP contribution in [0.3, 0.4) is 0 Å². The van der Waals surface area contributed by atoms with Crippen LogP contribution >= 0.6 is 0 Å². The monoisotopic (exact) mass is 499 g/mol. The molecule has 9 nitrogen and oxygen atoms in total. The summed E-state index contributed by atoms with van der Waals surface area (Å²) in [5.41, 5.74) is 9.01. The molecule has 0 bridgehead atoms. The van der Waals surface area contributed by atoms with Crippen molar-refractivity contribution >= 4 is 34.4 Å². The highest BCUT2D eigenvalue weighted by Crippen LogP contribution is 2.37. The number of ether oxygens (including phenoxy) is 2. The summed E-state index contributed by atoms with van der Waals surface area (Å²) in [6.45, 7) is 3.89. The molecule has 0 radical (unpaired) electrons. The van der Waals surface area contributed by atoms with Crippen molar-refractivity contribution in [2.45, 2.75) is 19.9 Å². The number of aromatic nitrogens is 2. The fourth-order valence-corrected chi connectivity index (χ4v) is 4.16. The Labute approximate surface area is 215 Å². The van der Waals surface area contributed by atoms with Crippen molar-refractivity contribution in [1.82, 2.24) is 9.97 Å². The van der Waals surface area contributed by atoms with Gasteiger partial charge in [-0.1, -0.05) is 12.1 Å². The number of primary amides is 1. The van der Waals surface area contributed by atoms with Crippen LogP contribution in [0.15, 0.2) is 60.7 Å². The molecule has 37 heavy (non-hydrogen) atoms. The second-order valence-electron chi connectivity index (χ2n) is 8.63. The number of amides is 2. The first-order chi connectivity index (χ1) is 17.8. The molecule has 0 spiro atoms. The molecule has 0 aliphatic rings. The highest BCUT2D eigenvalue weighted by atomic mass is 16.5. The zero-order chi connectivity index (χ0) is 26.7. The summed E-state index contributed by atoms with van der Waals surface area (Å²) < 4.78 is 11.0. The Morgan fingerprint density at radius 3 is 2.16 bits per heavy atom. The van der Waals surface area contributed by atoms with Crippen LogP contribution in [-0.4, -0.2) is 49.1 Å². The van der Waals surface area contributed by atoms with Gasteiger partial charge in [0.2, 0.25) is 11.9 Å². The van der Waals surface area contributed by atoms with E-state index in [0.717, 1.165) is 10.9 Å². The highest BCUT2D eigenvalue weighted by molar-refractivity contribution is 6.07. The lowest BCUT2D eigenvalue weighted by molar-refractivity contribution is 0.0975. The lowest BCUT2D eigenvalue weighted by atomic mass is 10.0. The molecular formula is C28H29N5O4. The van der Waals surface area contributed by atoms with E-state index in [-0.39, 0.29) is 11.9 Å². The summed E-state index contributed by atoms with van der Waals surface area (Å²) in [6.07, 6.45) is 0. The number of hydrogen-bond donors (Lipinski definition) is 2. The molecule has 0 unspecified atom stereocenters. The molecule has 4 aromatic rings. The molecule has 2 amide bonds. The molecule has 3 N–H and O–H groups in total. The van der Waals surface area contributed by atoms with Gasteiger partial charge in [-0.15, -0.1) is 0 Å². The van der Waals surface area contributed by atoms with Crippen LogP contribution in [0.25, 0.3) is 22.2 Å². The Morgan fingerprint density at radius 2 is 1.57 bits per heavy atom. The Hall–Kier alpha value is -4.66. The summed E-state index contributed by atoms with van der Waals surface area (Å²) in [5.74, 6) is 0.838. The number of nitrogens with zero attached hydrogens (tertiary/aromatic N) is 3. The Balaban J connectivity index is 1.83. The summed E-state index contributed by atoms with van der Waals surface area (Å²) in [5, 5.41) is 3.79. The normalized spacial score (nSPS) is 10.9. The minimum absolute atomic E-state index is 0.141. The minimum atomic E-state index is -0.542. The van der Waals surface area contributed by atoms with Crippen molar-refractivity contribution in [1.29, 1.82) is 0 Å². The van der Waals surface area contributed by atoms with Crippen molar-refractivity contribution in [2.24, 2.45) is 5.73 Å². The maximum absolute atomic E-state index is 13.5. The number of nitrogens with two attached hydrogens (primary N) is 1. The smallest absolute Gasteiger partial charge is 0.258 e. The number of carbonyl (C=O) groups is 2. The Bertz CT molecular complexity index is 1470. The Morgan fingerprint density at radius 1 is 0.919 bits per heavy atom. The minimum Gasteiger partial charge on any atom is -0.493 e. The standard InChI is InChI=1S/C28H29N5O4/c1-16(2)33(27(35)18-11-9-17(10-12-18)26(29)34)20-8-6-7-19(13-20)25-21-14-23(36-4)24(37-5)15-22(21)31-28(30-3)32-25/h6-16H,1-5H3,(H2,29,34)(H,30,31,32). The van der Waals surface area contributed by atoms with Crippen LogP contribution in [0.4, 0.5) is 11.6 Å². The number of rotatable bonds is 8. The molecule has 0 saturated carbocycles. The fraction of sp³-hybridized carbons (Fsp3) is 0.214. The van der Waals surface area contributed by atoms with Crippen LogP contribution in [0, 0.1) is 0 Å². The van der Waals surface area contributed by atoms with Crippen LogP contribution in [0.5, 0.6) is 11.5 Å². The molecule has 3 aromatic carbocycles. The lowest BCUT2D eigenvalue weighted by Gasteiger charge is -2.27. The van der Waals surface area contributed by atoms with Gasteiger partial charge in [0.15, 0.2) is 11.5 Å². The molecule has 0 atom stereocenters. The van der Waals surface area contributed by atoms with E-state index in [9.17, 15) is 9.59 Å². The van der Waals surface area contributed by atoms with E-state index >= 15 is 0 Å². The first kappa shape index (κ1) is 25.4. The molecule has 1 aromatic heterocycles. The average Bonchev–Trinajstić information content (AvgIpc) is 2.91. The van der Waals surface area contributed by atoms with Gasteiger partial charge >= 0.3 is 0 Å². The quantitative estimate of drug-likeness (QED) is 0.366. The van der Waals surface area contributed by atoms with Gasteiger partial charge in [0, 0.05) is 46.9 Å². The van der Waals surface area contributed by atoms with Crippen molar-refractivity contribution in [3.8, 4) is 22.8 Å². The Kier molecular flexibility index (Phi) is 7.24. The fourth-order valence-electron chi connectivity index (χ4n) is 4.16. The van der Waals surface area contributed by atoms with Crippen LogP contribution in [-0.2, 0) is 0 Å². The van der Waals surface area contributed by atoms with E-state index in [2.05, 4.69) is 10.3 Å². The van der Waals surface area contributed by atoms with Gasteiger partial charge in [-0.25, -0.2) is 9.97 Å². The van der Waals surface area contributed by atoms with Crippen molar-refractivity contribution in [3.05, 3.63) is 71.8 Å². The van der Waals surface area contributed by atoms with Gasteiger partial charge < -0.3 is 25.4 Å². The van der Waals surface area contributed by atoms with E-state index in [1.807, 2.05) is 50.2 Å². The molecule has 190 valence electrons. The van der Waals surface area contributed by atoms with Crippen molar-refractivity contribution in [3.63, 3.8) is 0 Å². The van der Waals surface area contributed by atoms with Crippen molar-refractivity contribution < 1.29 is 19.1 Å². The number of carbonyl (C=O) groups excluding carboxylic acids is 2. The summed E-state index contributed by atoms with van der Waals surface area (Å²) >= 11 is 0. The van der Waals surface area contributed by atoms with E-state index in [0.29, 0.717) is 45.5 Å². The summed E-state index contributed by atoms with van der Waals surface area (Å²) in [4.78, 5) is 36.0. The first-order valence-electron chi connectivity index (χ1n) is 11.7. The highest BCUT2D eigenvalue weighted by Gasteiger charge is 2.22. The van der Waals surface area contributed by atoms with E-state index in [1.54, 1.807) is 50.4 Å². The van der Waals surface area contributed by atoms with Gasteiger partial charge in [-0.3, -0.25) is 9.59 Å². The van der Waals surface area contributed by atoms with Gasteiger partial charge in [0.1, 0.15) is 0 Å². The maximum Gasteiger partial charge on any atom is 0.258 e. The number of anilines is 2. The predicted octanol–water partition coefficient (Wildman–Crippen LogP) is 4.51. The number of fused-ring (bicyclic) bond motifs is 1. The zero-order valence-corrected chi connectivity index (χ0v) is 21.4. The second kappa shape index (κ2) is 10.5. The third-order valence-electron chi connectivity index (χ3n) is 5.97. The first-order valence-corrected chi connectivity index (χ1v) is 11.7. The number of hydrogen-bond acceptors (Lipinski definition) is 7. The second-order valence-corrected chi connectivity index (χ2v) is 8.63. The lowest BCUT2D eigenvalue weighted by Crippen LogP contribution is -2.37. The van der Waals surface area contributed by atoms with Gasteiger partial charge in [-0.2, -0.15) is 0 Å². The van der Waals surface area contributed by atoms with Crippen molar-refractivity contribution in [2.75, 3.05) is 31.5 Å². The van der Waals surface area contributed by atoms with E-state index < -0.39 is 5.91 Å².